The van der Waals surface area contributed by atoms with Gasteiger partial charge in [-0.3, -0.25) is 0 Å². The maximum Gasteiger partial charge on any atom is 0.131 e. The fourth-order valence-electron chi connectivity index (χ4n) is 1.99. The van der Waals surface area contributed by atoms with Crippen LogP contribution < -0.4 is 5.32 Å². The van der Waals surface area contributed by atoms with E-state index in [1.54, 1.807) is 7.11 Å². The zero-order valence-corrected chi connectivity index (χ0v) is 10.5. The van der Waals surface area contributed by atoms with Crippen molar-refractivity contribution >= 4 is 0 Å². The molecule has 2 nitrogen and oxygen atoms in total. The highest BCUT2D eigenvalue weighted by Crippen LogP contribution is 2.26. The molecule has 1 N–H and O–H groups in total. The van der Waals surface area contributed by atoms with E-state index in [4.69, 9.17) is 4.74 Å². The predicted octanol–water partition coefficient (Wildman–Crippen LogP) is 3.04. The number of likely N-dealkylation sites (N-methyl/N-ethyl adjacent to an activating group) is 1. The van der Waals surface area contributed by atoms with Crippen LogP contribution in [0.5, 0.6) is 0 Å². The smallest absolute Gasteiger partial charge is 0.131 e. The van der Waals surface area contributed by atoms with Gasteiger partial charge in [0.25, 0.3) is 0 Å². The zero-order valence-electron chi connectivity index (χ0n) is 10.5. The average molecular weight is 243 g/mol. The quantitative estimate of drug-likeness (QED) is 0.829. The normalized spacial score (nSPS) is 14.6. The van der Waals surface area contributed by atoms with E-state index in [2.05, 4.69) is 5.32 Å². The Bertz CT molecular complexity index is 333. The molecule has 1 rings (SSSR count). The summed E-state index contributed by atoms with van der Waals surface area (Å²) in [6.07, 6.45) is 0.434. The van der Waals surface area contributed by atoms with Crippen molar-refractivity contribution in [1.29, 1.82) is 0 Å². The summed E-state index contributed by atoms with van der Waals surface area (Å²) in [6, 6.07) is 3.44. The maximum absolute atomic E-state index is 13.7. The van der Waals surface area contributed by atoms with Crippen LogP contribution in [-0.2, 0) is 4.74 Å². The van der Waals surface area contributed by atoms with E-state index in [0.717, 1.165) is 0 Å². The van der Waals surface area contributed by atoms with Crippen molar-refractivity contribution in [1.82, 2.24) is 5.32 Å². The van der Waals surface area contributed by atoms with E-state index in [1.165, 1.54) is 18.2 Å². The van der Waals surface area contributed by atoms with Crippen molar-refractivity contribution in [2.24, 2.45) is 0 Å². The van der Waals surface area contributed by atoms with Gasteiger partial charge in [-0.1, -0.05) is 19.9 Å². The molecule has 0 saturated carbocycles. The van der Waals surface area contributed by atoms with E-state index >= 15 is 0 Å². The number of benzene rings is 1. The van der Waals surface area contributed by atoms with Gasteiger partial charge < -0.3 is 10.1 Å². The van der Waals surface area contributed by atoms with E-state index in [0.29, 0.717) is 13.0 Å². The summed E-state index contributed by atoms with van der Waals surface area (Å²) in [7, 11) is 1.55. The number of nitrogens with one attached hydrogen (secondary N) is 1. The first kappa shape index (κ1) is 14.1. The van der Waals surface area contributed by atoms with Gasteiger partial charge in [-0.15, -0.1) is 0 Å². The van der Waals surface area contributed by atoms with E-state index in [9.17, 15) is 8.78 Å². The molecule has 0 aliphatic heterocycles. The molecule has 0 amide bonds. The second-order valence-corrected chi connectivity index (χ2v) is 3.85. The lowest BCUT2D eigenvalue weighted by atomic mass is 9.98. The van der Waals surface area contributed by atoms with Gasteiger partial charge in [0.1, 0.15) is 11.6 Å². The van der Waals surface area contributed by atoms with Gasteiger partial charge in [0.15, 0.2) is 0 Å². The Hall–Kier alpha value is -1.00. The molecule has 0 spiro atoms. The number of halogens is 2. The molecule has 0 aliphatic rings. The Balaban J connectivity index is 3.12. The fourth-order valence-corrected chi connectivity index (χ4v) is 1.99. The molecule has 0 radical (unpaired) electrons. The third-order valence-corrected chi connectivity index (χ3v) is 2.81. The van der Waals surface area contributed by atoms with Gasteiger partial charge in [0.2, 0.25) is 0 Å². The Kier molecular flexibility index (Phi) is 5.51. The predicted molar refractivity (Wildman–Crippen MR) is 63.9 cm³/mol. The van der Waals surface area contributed by atoms with Crippen LogP contribution in [0.1, 0.15) is 31.9 Å². The molecular weight excluding hydrogens is 224 g/mol. The van der Waals surface area contributed by atoms with Crippen LogP contribution in [0.2, 0.25) is 0 Å². The highest BCUT2D eigenvalue weighted by molar-refractivity contribution is 5.24. The Morgan fingerprint density at radius 2 is 1.82 bits per heavy atom. The zero-order chi connectivity index (χ0) is 12.8. The highest BCUT2D eigenvalue weighted by atomic mass is 19.1. The third-order valence-electron chi connectivity index (χ3n) is 2.81. The summed E-state index contributed by atoms with van der Waals surface area (Å²) in [4.78, 5) is 0. The molecule has 0 heterocycles. The van der Waals surface area contributed by atoms with Gasteiger partial charge in [-0.05, 0) is 25.1 Å². The maximum atomic E-state index is 13.7. The van der Waals surface area contributed by atoms with Gasteiger partial charge in [0.05, 0.1) is 12.1 Å². The second kappa shape index (κ2) is 6.67. The molecule has 17 heavy (non-hydrogen) atoms. The first-order chi connectivity index (χ1) is 8.15. The van der Waals surface area contributed by atoms with Crippen LogP contribution in [0.3, 0.4) is 0 Å². The minimum atomic E-state index is -0.536. The molecule has 2 atom stereocenters. The lowest BCUT2D eigenvalue weighted by Gasteiger charge is -2.26. The fraction of sp³-hybridized carbons (Fsp3) is 0.538. The molecule has 1 aromatic carbocycles. The van der Waals surface area contributed by atoms with Crippen molar-refractivity contribution in [2.75, 3.05) is 13.7 Å². The number of methoxy groups -OCH3 is 1. The molecule has 0 saturated heterocycles. The molecule has 0 fully saturated rings. The molecule has 0 aliphatic carbocycles. The summed E-state index contributed by atoms with van der Waals surface area (Å²) in [5.74, 6) is -1.07. The molecule has 1 aromatic rings. The van der Waals surface area contributed by atoms with Crippen LogP contribution in [-0.4, -0.2) is 19.8 Å². The Morgan fingerprint density at radius 1 is 1.24 bits per heavy atom. The molecule has 2 unspecified atom stereocenters. The van der Waals surface area contributed by atoms with E-state index in [-0.39, 0.29) is 11.7 Å². The van der Waals surface area contributed by atoms with Crippen LogP contribution in [0.15, 0.2) is 18.2 Å². The number of ether oxygens (including phenoxy) is 1. The van der Waals surface area contributed by atoms with Gasteiger partial charge in [0, 0.05) is 12.7 Å². The first-order valence-electron chi connectivity index (χ1n) is 5.85. The number of hydrogen-bond donors (Lipinski definition) is 1. The summed E-state index contributed by atoms with van der Waals surface area (Å²) in [5, 5.41) is 3.08. The standard InChI is InChI=1S/C13H19F2NO/c1-4-11(17-3)13(16-5-2)12-9(14)7-6-8-10(12)15/h6-8,11,13,16H,4-5H2,1-3H3. The van der Waals surface area contributed by atoms with Crippen molar-refractivity contribution in [3.63, 3.8) is 0 Å². The van der Waals surface area contributed by atoms with Crippen molar-refractivity contribution in [3.05, 3.63) is 35.4 Å². The number of hydrogen-bond acceptors (Lipinski definition) is 2. The summed E-state index contributed by atoms with van der Waals surface area (Å²) in [6.45, 7) is 4.45. The summed E-state index contributed by atoms with van der Waals surface area (Å²) in [5.41, 5.74) is 0.0584. The minimum Gasteiger partial charge on any atom is -0.379 e. The Labute approximate surface area is 101 Å². The highest BCUT2D eigenvalue weighted by Gasteiger charge is 2.26. The monoisotopic (exact) mass is 243 g/mol. The lowest BCUT2D eigenvalue weighted by Crippen LogP contribution is -2.34. The molecular formula is C13H19F2NO. The van der Waals surface area contributed by atoms with Crippen molar-refractivity contribution in [2.45, 2.75) is 32.4 Å². The average Bonchev–Trinajstić information content (AvgIpc) is 2.30. The summed E-state index contributed by atoms with van der Waals surface area (Å²) >= 11 is 0. The van der Waals surface area contributed by atoms with Crippen molar-refractivity contribution in [3.8, 4) is 0 Å². The van der Waals surface area contributed by atoms with Crippen LogP contribution in [0.4, 0.5) is 8.78 Å². The second-order valence-electron chi connectivity index (χ2n) is 3.85. The number of rotatable bonds is 6. The topological polar surface area (TPSA) is 21.3 Å². The molecule has 4 heteroatoms. The van der Waals surface area contributed by atoms with Gasteiger partial charge >= 0.3 is 0 Å². The van der Waals surface area contributed by atoms with Crippen LogP contribution in [0, 0.1) is 11.6 Å². The lowest BCUT2D eigenvalue weighted by molar-refractivity contribution is 0.0632. The molecule has 96 valence electrons. The minimum absolute atomic E-state index is 0.0584. The first-order valence-corrected chi connectivity index (χ1v) is 5.85. The molecule has 0 bridgehead atoms. The van der Waals surface area contributed by atoms with Crippen LogP contribution in [0.25, 0.3) is 0 Å². The largest absolute Gasteiger partial charge is 0.379 e. The summed E-state index contributed by atoms with van der Waals surface area (Å²) < 4.78 is 32.7. The third kappa shape index (κ3) is 3.23. The molecule has 0 aromatic heterocycles. The Morgan fingerprint density at radius 3 is 2.24 bits per heavy atom. The SMILES string of the molecule is CCNC(c1c(F)cccc1F)C(CC)OC. The van der Waals surface area contributed by atoms with E-state index in [1.807, 2.05) is 13.8 Å². The van der Waals surface area contributed by atoms with E-state index < -0.39 is 17.7 Å². The van der Waals surface area contributed by atoms with Gasteiger partial charge in [-0.2, -0.15) is 0 Å². The van der Waals surface area contributed by atoms with Crippen molar-refractivity contribution < 1.29 is 13.5 Å². The van der Waals surface area contributed by atoms with Crippen LogP contribution >= 0.6 is 0 Å². The van der Waals surface area contributed by atoms with Gasteiger partial charge in [-0.25, -0.2) is 8.78 Å².